The number of nitrogens with zero attached hydrogens (tertiary/aromatic N) is 4. The summed E-state index contributed by atoms with van der Waals surface area (Å²) in [4.78, 5) is 7.58. The summed E-state index contributed by atoms with van der Waals surface area (Å²) < 4.78 is 41.5. The Balaban J connectivity index is 1.58. The molecule has 1 aromatic carbocycles. The van der Waals surface area contributed by atoms with E-state index in [2.05, 4.69) is 19.6 Å². The summed E-state index contributed by atoms with van der Waals surface area (Å²) in [5.41, 5.74) is 2.53. The SMILES string of the molecule is [O-][N+]1(Cc2ccccc2)Cc2cc(-c3noc(C(F)(F)F)n3)cnc2C1. The third-order valence-electron chi connectivity index (χ3n) is 4.20. The van der Waals surface area contributed by atoms with Crippen LogP contribution in [0.5, 0.6) is 0 Å². The number of aromatic nitrogens is 3. The van der Waals surface area contributed by atoms with Crippen LogP contribution in [0.15, 0.2) is 47.1 Å². The molecular formula is C17H13F3N4O2. The molecule has 0 N–H and O–H groups in total. The molecule has 4 rings (SSSR count). The number of benzene rings is 1. The van der Waals surface area contributed by atoms with Crippen molar-refractivity contribution in [1.29, 1.82) is 0 Å². The highest BCUT2D eigenvalue weighted by Gasteiger charge is 2.39. The standard InChI is InChI=1S/C17H13F3N4O2/c18-17(19,20)16-22-15(23-26-16)12-6-13-9-24(25,10-14(13)21-7-12)8-11-4-2-1-3-5-11/h1-7H,8-10H2. The van der Waals surface area contributed by atoms with Crippen LogP contribution in [-0.4, -0.2) is 19.8 Å². The largest absolute Gasteiger partial charge is 0.632 e. The molecule has 0 amide bonds. The van der Waals surface area contributed by atoms with Crippen molar-refractivity contribution in [1.82, 2.24) is 15.1 Å². The highest BCUT2D eigenvalue weighted by molar-refractivity contribution is 5.54. The zero-order chi connectivity index (χ0) is 18.4. The van der Waals surface area contributed by atoms with Crippen molar-refractivity contribution >= 4 is 0 Å². The van der Waals surface area contributed by atoms with Gasteiger partial charge in [-0.05, 0) is 6.07 Å². The van der Waals surface area contributed by atoms with Crippen LogP contribution in [0.2, 0.25) is 0 Å². The molecule has 3 heterocycles. The van der Waals surface area contributed by atoms with Crippen molar-refractivity contribution in [2.75, 3.05) is 0 Å². The Morgan fingerprint density at radius 2 is 1.92 bits per heavy atom. The van der Waals surface area contributed by atoms with E-state index < -0.39 is 16.7 Å². The van der Waals surface area contributed by atoms with Crippen molar-refractivity contribution < 1.29 is 22.3 Å². The van der Waals surface area contributed by atoms with Crippen LogP contribution in [0.25, 0.3) is 11.4 Å². The highest BCUT2D eigenvalue weighted by atomic mass is 19.4. The van der Waals surface area contributed by atoms with Gasteiger partial charge in [0.25, 0.3) is 0 Å². The predicted octanol–water partition coefficient (Wildman–Crippen LogP) is 3.68. The first-order valence-corrected chi connectivity index (χ1v) is 7.82. The molecule has 0 radical (unpaired) electrons. The van der Waals surface area contributed by atoms with Gasteiger partial charge in [0, 0.05) is 22.9 Å². The van der Waals surface area contributed by atoms with E-state index >= 15 is 0 Å². The minimum absolute atomic E-state index is 0.190. The molecule has 0 saturated carbocycles. The van der Waals surface area contributed by atoms with Gasteiger partial charge in [0.2, 0.25) is 5.82 Å². The van der Waals surface area contributed by atoms with Crippen LogP contribution < -0.4 is 0 Å². The lowest BCUT2D eigenvalue weighted by atomic mass is 10.1. The number of alkyl halides is 3. The van der Waals surface area contributed by atoms with Gasteiger partial charge >= 0.3 is 12.1 Å². The first kappa shape index (κ1) is 16.7. The molecule has 1 aliphatic heterocycles. The van der Waals surface area contributed by atoms with E-state index in [1.807, 2.05) is 30.3 Å². The minimum Gasteiger partial charge on any atom is -0.632 e. The van der Waals surface area contributed by atoms with Gasteiger partial charge in [0.1, 0.15) is 25.3 Å². The van der Waals surface area contributed by atoms with Crippen LogP contribution in [0.4, 0.5) is 13.2 Å². The quantitative estimate of drug-likeness (QED) is 0.525. The lowest BCUT2D eigenvalue weighted by Crippen LogP contribution is -2.35. The fourth-order valence-corrected chi connectivity index (χ4v) is 3.06. The fraction of sp³-hybridized carbons (Fsp3) is 0.235. The Morgan fingerprint density at radius 3 is 2.62 bits per heavy atom. The van der Waals surface area contributed by atoms with Gasteiger partial charge in [-0.3, -0.25) is 4.98 Å². The molecule has 9 heteroatoms. The molecule has 0 aliphatic carbocycles. The van der Waals surface area contributed by atoms with Gasteiger partial charge in [-0.1, -0.05) is 35.5 Å². The number of fused-ring (bicyclic) bond motifs is 1. The van der Waals surface area contributed by atoms with Crippen molar-refractivity contribution in [2.45, 2.75) is 25.8 Å². The van der Waals surface area contributed by atoms with E-state index in [0.717, 1.165) is 5.56 Å². The summed E-state index contributed by atoms with van der Waals surface area (Å²) >= 11 is 0. The van der Waals surface area contributed by atoms with Crippen LogP contribution >= 0.6 is 0 Å². The normalized spacial score (nSPS) is 19.5. The van der Waals surface area contributed by atoms with Gasteiger partial charge in [-0.15, -0.1) is 0 Å². The summed E-state index contributed by atoms with van der Waals surface area (Å²) in [6.07, 6.45) is -3.34. The number of hydroxylamine groups is 3. The van der Waals surface area contributed by atoms with Gasteiger partial charge in [-0.2, -0.15) is 18.2 Å². The van der Waals surface area contributed by atoms with Crippen molar-refractivity contribution in [3.05, 3.63) is 70.5 Å². The smallest absolute Gasteiger partial charge is 0.471 e. The number of hydrogen-bond donors (Lipinski definition) is 0. The number of rotatable bonds is 3. The maximum atomic E-state index is 13.0. The molecule has 134 valence electrons. The van der Waals surface area contributed by atoms with Crippen LogP contribution in [0.1, 0.15) is 22.7 Å². The average molecular weight is 362 g/mol. The Hall–Kier alpha value is -2.78. The summed E-state index contributed by atoms with van der Waals surface area (Å²) in [7, 11) is 0. The fourth-order valence-electron chi connectivity index (χ4n) is 3.06. The molecule has 1 aliphatic rings. The molecule has 1 unspecified atom stereocenters. The lowest BCUT2D eigenvalue weighted by Gasteiger charge is -2.38. The van der Waals surface area contributed by atoms with E-state index in [9.17, 15) is 18.4 Å². The van der Waals surface area contributed by atoms with Gasteiger partial charge < -0.3 is 14.4 Å². The average Bonchev–Trinajstić information content (AvgIpc) is 3.18. The molecule has 26 heavy (non-hydrogen) atoms. The maximum Gasteiger partial charge on any atom is 0.471 e. The van der Waals surface area contributed by atoms with E-state index in [-0.39, 0.29) is 24.5 Å². The molecular weight excluding hydrogens is 349 g/mol. The summed E-state index contributed by atoms with van der Waals surface area (Å²) in [5, 5.41) is 16.4. The van der Waals surface area contributed by atoms with Crippen LogP contribution in [0, 0.1) is 5.21 Å². The van der Waals surface area contributed by atoms with Gasteiger partial charge in [0.05, 0.1) is 0 Å². The van der Waals surface area contributed by atoms with Gasteiger partial charge in [0.15, 0.2) is 0 Å². The summed E-state index contributed by atoms with van der Waals surface area (Å²) in [6.45, 7) is 0.701. The second-order valence-corrected chi connectivity index (χ2v) is 6.27. The molecule has 1 atom stereocenters. The number of pyridine rings is 1. The molecule has 0 bridgehead atoms. The summed E-state index contributed by atoms with van der Waals surface area (Å²) in [5.74, 6) is -1.61. The molecule has 0 saturated heterocycles. The topological polar surface area (TPSA) is 74.9 Å². The second-order valence-electron chi connectivity index (χ2n) is 6.27. The Labute approximate surface area is 146 Å². The molecule has 0 fully saturated rings. The Kier molecular flexibility index (Phi) is 3.78. The van der Waals surface area contributed by atoms with Crippen LogP contribution in [-0.2, 0) is 25.8 Å². The van der Waals surface area contributed by atoms with E-state index in [1.165, 1.54) is 6.20 Å². The Morgan fingerprint density at radius 1 is 1.15 bits per heavy atom. The van der Waals surface area contributed by atoms with E-state index in [4.69, 9.17) is 0 Å². The monoisotopic (exact) mass is 362 g/mol. The van der Waals surface area contributed by atoms with Crippen molar-refractivity contribution in [3.8, 4) is 11.4 Å². The summed E-state index contributed by atoms with van der Waals surface area (Å²) in [6, 6.07) is 11.0. The second kappa shape index (κ2) is 5.89. The number of halogens is 3. The molecule has 0 spiro atoms. The zero-order valence-corrected chi connectivity index (χ0v) is 13.4. The molecule has 2 aromatic heterocycles. The third-order valence-corrected chi connectivity index (χ3v) is 4.20. The Bertz CT molecular complexity index is 943. The molecule has 3 aromatic rings. The number of hydrogen-bond acceptors (Lipinski definition) is 5. The maximum absolute atomic E-state index is 13.0. The minimum atomic E-state index is -4.70. The van der Waals surface area contributed by atoms with Gasteiger partial charge in [-0.25, -0.2) is 0 Å². The molecule has 6 nitrogen and oxygen atoms in total. The van der Waals surface area contributed by atoms with Crippen LogP contribution in [0.3, 0.4) is 0 Å². The van der Waals surface area contributed by atoms with E-state index in [1.54, 1.807) is 6.07 Å². The first-order valence-electron chi connectivity index (χ1n) is 7.82. The zero-order valence-electron chi connectivity index (χ0n) is 13.4. The predicted molar refractivity (Wildman–Crippen MR) is 83.7 cm³/mol. The van der Waals surface area contributed by atoms with Crippen molar-refractivity contribution in [2.24, 2.45) is 0 Å². The first-order chi connectivity index (χ1) is 12.3. The lowest BCUT2D eigenvalue weighted by molar-refractivity contribution is -0.913. The van der Waals surface area contributed by atoms with E-state index in [0.29, 0.717) is 17.8 Å². The third kappa shape index (κ3) is 3.18. The number of quaternary nitrogens is 1. The van der Waals surface area contributed by atoms with Crippen molar-refractivity contribution in [3.63, 3.8) is 0 Å². The highest BCUT2D eigenvalue weighted by Crippen LogP contribution is 2.33.